The number of likely N-dealkylation sites (tertiary alicyclic amines) is 1. The van der Waals surface area contributed by atoms with Crippen LogP contribution < -0.4 is 0 Å². The fourth-order valence-corrected chi connectivity index (χ4v) is 3.62. The van der Waals surface area contributed by atoms with Gasteiger partial charge in [-0.25, -0.2) is 0 Å². The van der Waals surface area contributed by atoms with Gasteiger partial charge in [-0.3, -0.25) is 9.48 Å². The highest BCUT2D eigenvalue weighted by molar-refractivity contribution is 5.76. The van der Waals surface area contributed by atoms with E-state index in [2.05, 4.69) is 28.2 Å². The fourth-order valence-electron chi connectivity index (χ4n) is 3.62. The number of amides is 1. The minimum atomic E-state index is 0.124. The molecule has 0 saturated carbocycles. The molecule has 1 saturated heterocycles. The van der Waals surface area contributed by atoms with Crippen molar-refractivity contribution in [3.63, 3.8) is 0 Å². The van der Waals surface area contributed by atoms with E-state index in [1.165, 1.54) is 0 Å². The highest BCUT2D eigenvalue weighted by Gasteiger charge is 2.28. The SMILES string of the molecule is Cc1cc(C)n(C2CCN(C(=O)CCc3nc(-c4ccccc4)no3)C2)n1. The van der Waals surface area contributed by atoms with Crippen molar-refractivity contribution in [1.29, 1.82) is 0 Å². The molecule has 1 aliphatic rings. The summed E-state index contributed by atoms with van der Waals surface area (Å²) in [7, 11) is 0. The Morgan fingerprint density at radius 3 is 2.81 bits per heavy atom. The maximum atomic E-state index is 12.6. The molecular weight excluding hydrogens is 342 g/mol. The fraction of sp³-hybridized carbons (Fsp3) is 0.400. The number of carbonyl (C=O) groups excluding carboxylic acids is 1. The molecular formula is C20H23N5O2. The summed E-state index contributed by atoms with van der Waals surface area (Å²) in [5.41, 5.74) is 3.07. The molecule has 1 fully saturated rings. The number of hydrogen-bond acceptors (Lipinski definition) is 5. The second-order valence-corrected chi connectivity index (χ2v) is 7.03. The van der Waals surface area contributed by atoms with E-state index in [1.807, 2.05) is 46.8 Å². The lowest BCUT2D eigenvalue weighted by Crippen LogP contribution is -2.29. The number of rotatable bonds is 5. The summed E-state index contributed by atoms with van der Waals surface area (Å²) in [6.07, 6.45) is 1.77. The first-order chi connectivity index (χ1) is 13.1. The third-order valence-corrected chi connectivity index (χ3v) is 4.96. The van der Waals surface area contributed by atoms with Gasteiger partial charge in [0.1, 0.15) is 0 Å². The van der Waals surface area contributed by atoms with Gasteiger partial charge in [0.25, 0.3) is 0 Å². The Balaban J connectivity index is 1.33. The van der Waals surface area contributed by atoms with Crippen LogP contribution in [0, 0.1) is 13.8 Å². The number of aromatic nitrogens is 4. The summed E-state index contributed by atoms with van der Waals surface area (Å²) >= 11 is 0. The summed E-state index contributed by atoms with van der Waals surface area (Å²) in [6.45, 7) is 5.53. The first kappa shape index (κ1) is 17.5. The van der Waals surface area contributed by atoms with Gasteiger partial charge in [-0.15, -0.1) is 0 Å². The topological polar surface area (TPSA) is 77.0 Å². The van der Waals surface area contributed by atoms with Crippen LogP contribution >= 0.6 is 0 Å². The van der Waals surface area contributed by atoms with E-state index in [1.54, 1.807) is 0 Å². The van der Waals surface area contributed by atoms with E-state index in [-0.39, 0.29) is 11.9 Å². The van der Waals surface area contributed by atoms with Crippen molar-refractivity contribution in [3.05, 3.63) is 53.7 Å². The number of hydrogen-bond donors (Lipinski definition) is 0. The molecule has 4 rings (SSSR count). The van der Waals surface area contributed by atoms with Crippen LogP contribution in [0.5, 0.6) is 0 Å². The van der Waals surface area contributed by atoms with Gasteiger partial charge in [0.2, 0.25) is 17.6 Å². The zero-order valence-electron chi connectivity index (χ0n) is 15.6. The van der Waals surface area contributed by atoms with E-state index in [0.717, 1.165) is 29.9 Å². The van der Waals surface area contributed by atoms with E-state index < -0.39 is 0 Å². The van der Waals surface area contributed by atoms with Gasteiger partial charge in [-0.1, -0.05) is 35.5 Å². The highest BCUT2D eigenvalue weighted by atomic mass is 16.5. The minimum absolute atomic E-state index is 0.124. The molecule has 0 bridgehead atoms. The summed E-state index contributed by atoms with van der Waals surface area (Å²) < 4.78 is 7.34. The summed E-state index contributed by atoms with van der Waals surface area (Å²) in [4.78, 5) is 18.9. The molecule has 0 aliphatic carbocycles. The molecule has 0 radical (unpaired) electrons. The lowest BCUT2D eigenvalue weighted by molar-refractivity contribution is -0.130. The predicted molar refractivity (Wildman–Crippen MR) is 100.0 cm³/mol. The zero-order chi connectivity index (χ0) is 18.8. The number of carbonyl (C=O) groups is 1. The van der Waals surface area contributed by atoms with Crippen LogP contribution in [0.25, 0.3) is 11.4 Å². The van der Waals surface area contributed by atoms with E-state index >= 15 is 0 Å². The molecule has 7 heteroatoms. The molecule has 7 nitrogen and oxygen atoms in total. The smallest absolute Gasteiger partial charge is 0.227 e. The lowest BCUT2D eigenvalue weighted by Gasteiger charge is -2.17. The van der Waals surface area contributed by atoms with Gasteiger partial charge in [-0.2, -0.15) is 10.1 Å². The van der Waals surface area contributed by atoms with Gasteiger partial charge >= 0.3 is 0 Å². The van der Waals surface area contributed by atoms with Crippen LogP contribution in [-0.4, -0.2) is 43.8 Å². The Morgan fingerprint density at radius 1 is 1.26 bits per heavy atom. The summed E-state index contributed by atoms with van der Waals surface area (Å²) in [6, 6.07) is 12.0. The van der Waals surface area contributed by atoms with Gasteiger partial charge < -0.3 is 9.42 Å². The summed E-state index contributed by atoms with van der Waals surface area (Å²) in [5, 5.41) is 8.56. The maximum Gasteiger partial charge on any atom is 0.227 e. The van der Waals surface area contributed by atoms with Crippen LogP contribution in [0.2, 0.25) is 0 Å². The number of nitrogens with zero attached hydrogens (tertiary/aromatic N) is 5. The average molecular weight is 365 g/mol. The van der Waals surface area contributed by atoms with Gasteiger partial charge in [0.05, 0.1) is 11.7 Å². The molecule has 1 atom stereocenters. The van der Waals surface area contributed by atoms with Crippen molar-refractivity contribution in [1.82, 2.24) is 24.8 Å². The molecule has 1 aromatic carbocycles. The third-order valence-electron chi connectivity index (χ3n) is 4.96. The Labute approximate surface area is 158 Å². The largest absolute Gasteiger partial charge is 0.340 e. The lowest BCUT2D eigenvalue weighted by atomic mass is 10.2. The predicted octanol–water partition coefficient (Wildman–Crippen LogP) is 2.96. The molecule has 1 aliphatic heterocycles. The van der Waals surface area contributed by atoms with Gasteiger partial charge in [0.15, 0.2) is 0 Å². The second-order valence-electron chi connectivity index (χ2n) is 7.03. The Kier molecular flexibility index (Phi) is 4.75. The van der Waals surface area contributed by atoms with E-state index in [0.29, 0.717) is 31.1 Å². The second kappa shape index (κ2) is 7.34. The average Bonchev–Trinajstić information content (AvgIpc) is 3.40. The minimum Gasteiger partial charge on any atom is -0.340 e. The van der Waals surface area contributed by atoms with Crippen molar-refractivity contribution >= 4 is 5.91 Å². The van der Waals surface area contributed by atoms with Crippen LogP contribution in [0.1, 0.15) is 36.2 Å². The molecule has 3 aromatic rings. The Morgan fingerprint density at radius 2 is 2.07 bits per heavy atom. The van der Waals surface area contributed by atoms with Crippen LogP contribution in [0.4, 0.5) is 0 Å². The van der Waals surface area contributed by atoms with Crippen LogP contribution in [0.15, 0.2) is 40.9 Å². The monoisotopic (exact) mass is 365 g/mol. The molecule has 3 heterocycles. The molecule has 1 amide bonds. The van der Waals surface area contributed by atoms with Crippen LogP contribution in [-0.2, 0) is 11.2 Å². The molecule has 140 valence electrons. The van der Waals surface area contributed by atoms with E-state index in [9.17, 15) is 4.79 Å². The Bertz CT molecular complexity index is 931. The molecule has 0 N–H and O–H groups in total. The van der Waals surface area contributed by atoms with Crippen LogP contribution in [0.3, 0.4) is 0 Å². The molecule has 1 unspecified atom stereocenters. The van der Waals surface area contributed by atoms with Gasteiger partial charge in [-0.05, 0) is 26.3 Å². The molecule has 27 heavy (non-hydrogen) atoms. The third kappa shape index (κ3) is 3.77. The van der Waals surface area contributed by atoms with Crippen molar-refractivity contribution in [2.24, 2.45) is 0 Å². The first-order valence-electron chi connectivity index (χ1n) is 9.28. The van der Waals surface area contributed by atoms with Gasteiger partial charge in [0, 0.05) is 37.2 Å². The van der Waals surface area contributed by atoms with Crippen molar-refractivity contribution in [2.75, 3.05) is 13.1 Å². The number of aryl methyl sites for hydroxylation is 3. The zero-order valence-corrected chi connectivity index (χ0v) is 15.6. The molecule has 2 aromatic heterocycles. The van der Waals surface area contributed by atoms with Crippen molar-refractivity contribution in [3.8, 4) is 11.4 Å². The van der Waals surface area contributed by atoms with Crippen molar-refractivity contribution in [2.45, 2.75) is 39.2 Å². The highest BCUT2D eigenvalue weighted by Crippen LogP contribution is 2.24. The maximum absolute atomic E-state index is 12.6. The Hall–Kier alpha value is -2.96. The standard InChI is InChI=1S/C20H23N5O2/c1-14-12-15(2)25(22-14)17-10-11-24(13-17)19(26)9-8-18-21-20(23-27-18)16-6-4-3-5-7-16/h3-7,12,17H,8-11,13H2,1-2H3. The first-order valence-corrected chi connectivity index (χ1v) is 9.28. The van der Waals surface area contributed by atoms with E-state index in [4.69, 9.17) is 4.52 Å². The number of benzene rings is 1. The summed E-state index contributed by atoms with van der Waals surface area (Å²) in [5.74, 6) is 1.18. The molecule has 0 spiro atoms. The quantitative estimate of drug-likeness (QED) is 0.695. The van der Waals surface area contributed by atoms with Crippen molar-refractivity contribution < 1.29 is 9.32 Å². The normalized spacial score (nSPS) is 16.8.